The van der Waals surface area contributed by atoms with Gasteiger partial charge in [-0.05, 0) is 18.8 Å². The number of thiophene rings is 1. The zero-order chi connectivity index (χ0) is 13.5. The largest absolute Gasteiger partial charge is 0.396 e. The molecular weight excluding hydrogens is 272 g/mol. The Balaban J connectivity index is 2.41. The van der Waals surface area contributed by atoms with Gasteiger partial charge in [-0.1, -0.05) is 0 Å². The van der Waals surface area contributed by atoms with E-state index in [0.717, 1.165) is 24.1 Å². The van der Waals surface area contributed by atoms with E-state index in [1.54, 1.807) is 0 Å². The SMILES string of the molecule is CC(=O)c1sc(NCC2CC2)c(S(C)(=O)=O)c1N. The third kappa shape index (κ3) is 2.67. The van der Waals surface area contributed by atoms with Gasteiger partial charge in [0, 0.05) is 19.7 Å². The van der Waals surface area contributed by atoms with Crippen LogP contribution in [0.3, 0.4) is 0 Å². The minimum absolute atomic E-state index is 0.0679. The van der Waals surface area contributed by atoms with E-state index in [2.05, 4.69) is 5.32 Å². The molecule has 1 aliphatic carbocycles. The molecule has 0 radical (unpaired) electrons. The molecule has 1 aromatic heterocycles. The summed E-state index contributed by atoms with van der Waals surface area (Å²) >= 11 is 1.13. The molecule has 3 N–H and O–H groups in total. The number of nitrogen functional groups attached to an aromatic ring is 1. The van der Waals surface area contributed by atoms with Crippen LogP contribution in [0.2, 0.25) is 0 Å². The van der Waals surface area contributed by atoms with Crippen LogP contribution in [0.1, 0.15) is 29.4 Å². The Kier molecular flexibility index (Phi) is 3.37. The molecule has 1 fully saturated rings. The van der Waals surface area contributed by atoms with Gasteiger partial charge in [-0.2, -0.15) is 0 Å². The number of hydrogen-bond donors (Lipinski definition) is 2. The number of nitrogens with two attached hydrogens (primary N) is 1. The highest BCUT2D eigenvalue weighted by Crippen LogP contribution is 2.40. The summed E-state index contributed by atoms with van der Waals surface area (Å²) in [6, 6.07) is 0. The fourth-order valence-corrected chi connectivity index (χ4v) is 4.21. The highest BCUT2D eigenvalue weighted by molar-refractivity contribution is 7.91. The van der Waals surface area contributed by atoms with Crippen LogP contribution in [0.25, 0.3) is 0 Å². The quantitative estimate of drug-likeness (QED) is 0.806. The molecule has 0 atom stereocenters. The van der Waals surface area contributed by atoms with Gasteiger partial charge in [0.05, 0.1) is 10.6 Å². The molecule has 1 aliphatic rings. The lowest BCUT2D eigenvalue weighted by atomic mass is 10.3. The van der Waals surface area contributed by atoms with E-state index in [9.17, 15) is 13.2 Å². The van der Waals surface area contributed by atoms with E-state index >= 15 is 0 Å². The highest BCUT2D eigenvalue weighted by Gasteiger charge is 2.27. The second kappa shape index (κ2) is 4.55. The van der Waals surface area contributed by atoms with Gasteiger partial charge in [0.1, 0.15) is 9.90 Å². The molecule has 5 nitrogen and oxygen atoms in total. The van der Waals surface area contributed by atoms with Crippen molar-refractivity contribution in [1.29, 1.82) is 0 Å². The Hall–Kier alpha value is -1.08. The third-order valence-electron chi connectivity index (χ3n) is 2.84. The number of carbonyl (C=O) groups excluding carboxylic acids is 1. The van der Waals surface area contributed by atoms with Crippen molar-refractivity contribution in [3.8, 4) is 0 Å². The average Bonchev–Trinajstić information content (AvgIpc) is 2.97. The van der Waals surface area contributed by atoms with Gasteiger partial charge in [-0.25, -0.2) is 8.42 Å². The van der Waals surface area contributed by atoms with Crippen molar-refractivity contribution in [2.45, 2.75) is 24.7 Å². The summed E-state index contributed by atoms with van der Waals surface area (Å²) < 4.78 is 23.5. The van der Waals surface area contributed by atoms with Crippen LogP contribution < -0.4 is 11.1 Å². The molecule has 0 aliphatic heterocycles. The number of hydrogen-bond acceptors (Lipinski definition) is 6. The summed E-state index contributed by atoms with van der Waals surface area (Å²) in [5, 5.41) is 3.60. The van der Waals surface area contributed by atoms with Crippen LogP contribution in [-0.4, -0.2) is 27.0 Å². The van der Waals surface area contributed by atoms with Crippen molar-refractivity contribution in [1.82, 2.24) is 0 Å². The summed E-state index contributed by atoms with van der Waals surface area (Å²) in [6.07, 6.45) is 3.45. The number of carbonyl (C=O) groups is 1. The zero-order valence-electron chi connectivity index (χ0n) is 10.3. The average molecular weight is 288 g/mol. The van der Waals surface area contributed by atoms with Crippen molar-refractivity contribution >= 4 is 37.6 Å². The Labute approximate surface area is 110 Å². The van der Waals surface area contributed by atoms with E-state index in [1.807, 2.05) is 0 Å². The zero-order valence-corrected chi connectivity index (χ0v) is 12.0. The molecule has 2 rings (SSSR count). The first-order valence-electron chi connectivity index (χ1n) is 5.68. The molecule has 0 bridgehead atoms. The Morgan fingerprint density at radius 2 is 2.11 bits per heavy atom. The lowest BCUT2D eigenvalue weighted by Crippen LogP contribution is -2.08. The third-order valence-corrected chi connectivity index (χ3v) is 5.40. The van der Waals surface area contributed by atoms with Crippen molar-refractivity contribution < 1.29 is 13.2 Å². The minimum atomic E-state index is -3.43. The summed E-state index contributed by atoms with van der Waals surface area (Å²) in [5.74, 6) is 0.406. The molecule has 0 saturated heterocycles. The number of anilines is 2. The second-order valence-electron chi connectivity index (χ2n) is 4.66. The summed E-state index contributed by atoms with van der Waals surface area (Å²) in [7, 11) is -3.43. The minimum Gasteiger partial charge on any atom is -0.396 e. The normalized spacial score (nSPS) is 15.7. The molecular formula is C11H16N2O3S2. The van der Waals surface area contributed by atoms with E-state index in [1.165, 1.54) is 19.8 Å². The summed E-state index contributed by atoms with van der Waals surface area (Å²) in [5.41, 5.74) is 5.86. The number of Topliss-reactive ketones (excluding diaryl/α,β-unsaturated/α-hetero) is 1. The van der Waals surface area contributed by atoms with Crippen LogP contribution in [0.15, 0.2) is 4.90 Å². The van der Waals surface area contributed by atoms with Gasteiger partial charge in [0.15, 0.2) is 15.6 Å². The molecule has 0 spiro atoms. The highest BCUT2D eigenvalue weighted by atomic mass is 32.2. The molecule has 1 aromatic rings. The van der Waals surface area contributed by atoms with Crippen molar-refractivity contribution in [2.24, 2.45) is 5.92 Å². The summed E-state index contributed by atoms with van der Waals surface area (Å²) in [4.78, 5) is 11.8. The van der Waals surface area contributed by atoms with Crippen molar-refractivity contribution in [3.05, 3.63) is 4.88 Å². The smallest absolute Gasteiger partial charge is 0.180 e. The van der Waals surface area contributed by atoms with Gasteiger partial charge < -0.3 is 11.1 Å². The Morgan fingerprint density at radius 3 is 2.56 bits per heavy atom. The van der Waals surface area contributed by atoms with E-state index in [-0.39, 0.29) is 16.4 Å². The topological polar surface area (TPSA) is 89.3 Å². The fourth-order valence-electron chi connectivity index (χ4n) is 1.73. The lowest BCUT2D eigenvalue weighted by molar-refractivity contribution is 0.102. The standard InChI is InChI=1S/C11H16N2O3S2/c1-6(14)9-8(12)10(18(2,15)16)11(17-9)13-5-7-3-4-7/h7,13H,3-5,12H2,1-2H3. The molecule has 18 heavy (non-hydrogen) atoms. The van der Waals surface area contributed by atoms with Gasteiger partial charge >= 0.3 is 0 Å². The fraction of sp³-hybridized carbons (Fsp3) is 0.545. The van der Waals surface area contributed by atoms with Gasteiger partial charge in [0.2, 0.25) is 0 Å². The molecule has 1 saturated carbocycles. The molecule has 100 valence electrons. The van der Waals surface area contributed by atoms with Crippen LogP contribution in [0, 0.1) is 5.92 Å². The first-order valence-corrected chi connectivity index (χ1v) is 8.38. The molecule has 0 aromatic carbocycles. The van der Waals surface area contributed by atoms with Crippen molar-refractivity contribution in [3.63, 3.8) is 0 Å². The Bertz CT molecular complexity index is 586. The van der Waals surface area contributed by atoms with Crippen LogP contribution in [0.5, 0.6) is 0 Å². The maximum absolute atomic E-state index is 11.7. The molecule has 0 unspecified atom stereocenters. The second-order valence-corrected chi connectivity index (χ2v) is 7.63. The van der Waals surface area contributed by atoms with E-state index in [4.69, 9.17) is 5.73 Å². The van der Waals surface area contributed by atoms with Crippen LogP contribution in [0.4, 0.5) is 10.7 Å². The Morgan fingerprint density at radius 1 is 1.50 bits per heavy atom. The lowest BCUT2D eigenvalue weighted by Gasteiger charge is -2.05. The molecule has 0 amide bonds. The number of ketones is 1. The van der Waals surface area contributed by atoms with Gasteiger partial charge in [-0.3, -0.25) is 4.79 Å². The number of nitrogens with one attached hydrogen (secondary N) is 1. The van der Waals surface area contributed by atoms with Crippen molar-refractivity contribution in [2.75, 3.05) is 23.9 Å². The maximum Gasteiger partial charge on any atom is 0.180 e. The number of rotatable bonds is 5. The van der Waals surface area contributed by atoms with Crippen LogP contribution >= 0.6 is 11.3 Å². The predicted octanol–water partition coefficient (Wildman–Crippen LogP) is 1.76. The first kappa shape index (κ1) is 13.4. The number of sulfone groups is 1. The molecule has 1 heterocycles. The van der Waals surface area contributed by atoms with Gasteiger partial charge in [-0.15, -0.1) is 11.3 Å². The first-order chi connectivity index (χ1) is 8.30. The summed E-state index contributed by atoms with van der Waals surface area (Å²) in [6.45, 7) is 2.12. The van der Waals surface area contributed by atoms with Gasteiger partial charge in [0.25, 0.3) is 0 Å². The molecule has 7 heteroatoms. The predicted molar refractivity (Wildman–Crippen MR) is 73.1 cm³/mol. The monoisotopic (exact) mass is 288 g/mol. The maximum atomic E-state index is 11.7. The van der Waals surface area contributed by atoms with Crippen LogP contribution in [-0.2, 0) is 9.84 Å². The van der Waals surface area contributed by atoms with E-state index < -0.39 is 9.84 Å². The van der Waals surface area contributed by atoms with E-state index in [0.29, 0.717) is 15.8 Å².